The number of nitrogens with one attached hydrogen (secondary N) is 3. The lowest BCUT2D eigenvalue weighted by molar-refractivity contribution is 0.252. The fourth-order valence-electron chi connectivity index (χ4n) is 3.32. The van der Waals surface area contributed by atoms with Crippen LogP contribution in [0.15, 0.2) is 41.5 Å². The van der Waals surface area contributed by atoms with Gasteiger partial charge in [-0.25, -0.2) is 14.8 Å². The number of aromatic amines is 1. The number of aryl methyl sites for hydroxylation is 1. The van der Waals surface area contributed by atoms with Crippen molar-refractivity contribution in [3.63, 3.8) is 0 Å². The summed E-state index contributed by atoms with van der Waals surface area (Å²) in [5.41, 5.74) is 4.04. The zero-order chi connectivity index (χ0) is 18.8. The molecule has 0 fully saturated rings. The summed E-state index contributed by atoms with van der Waals surface area (Å²) in [6.45, 7) is 4.52. The molecule has 2 aromatic heterocycles. The van der Waals surface area contributed by atoms with E-state index in [1.54, 1.807) is 11.3 Å². The maximum absolute atomic E-state index is 11.7. The summed E-state index contributed by atoms with van der Waals surface area (Å²) in [6, 6.07) is 9.75. The number of rotatable bonds is 4. The van der Waals surface area contributed by atoms with Crippen LogP contribution in [0.4, 0.5) is 16.3 Å². The van der Waals surface area contributed by atoms with Gasteiger partial charge in [0.05, 0.1) is 10.7 Å². The zero-order valence-electron chi connectivity index (χ0n) is 15.2. The molecule has 1 aliphatic heterocycles. The number of thiazole rings is 1. The number of nitrogens with zero attached hydrogens (tertiary/aromatic N) is 2. The molecule has 0 radical (unpaired) electrons. The molecular weight excluding hydrogens is 358 g/mol. The summed E-state index contributed by atoms with van der Waals surface area (Å²) in [5, 5.41) is 6.60. The predicted octanol–water partition coefficient (Wildman–Crippen LogP) is 4.83. The molecule has 0 aliphatic carbocycles. The van der Waals surface area contributed by atoms with Crippen LogP contribution in [0.25, 0.3) is 11.3 Å². The molecule has 2 amide bonds. The number of anilines is 1. The first kappa shape index (κ1) is 17.5. The lowest BCUT2D eigenvalue weighted by Crippen LogP contribution is -2.28. The Morgan fingerprint density at radius 2 is 2.11 bits per heavy atom. The molecule has 0 saturated heterocycles. The van der Waals surface area contributed by atoms with E-state index in [-0.39, 0.29) is 11.9 Å². The first-order chi connectivity index (χ1) is 13.2. The number of carbonyl (C=O) groups is 1. The third-order valence-corrected chi connectivity index (χ3v) is 5.61. The second-order valence-corrected chi connectivity index (χ2v) is 7.62. The highest BCUT2D eigenvalue weighted by Gasteiger charge is 2.26. The van der Waals surface area contributed by atoms with Gasteiger partial charge in [0.2, 0.25) is 0 Å². The molecule has 6 nitrogen and oxygen atoms in total. The van der Waals surface area contributed by atoms with E-state index in [0.29, 0.717) is 6.54 Å². The molecule has 1 atom stereocenters. The third-order valence-electron chi connectivity index (χ3n) is 4.52. The zero-order valence-corrected chi connectivity index (χ0v) is 16.1. The SMILES string of the molecule is CCNC(=O)Nc1ccc(-c2nc(C)sc2C2CC=Nc3[nH]ccc32)cc1. The van der Waals surface area contributed by atoms with Gasteiger partial charge in [-0.05, 0) is 38.5 Å². The minimum absolute atomic E-state index is 0.197. The highest BCUT2D eigenvalue weighted by atomic mass is 32.1. The minimum atomic E-state index is -0.197. The molecule has 3 aromatic rings. The van der Waals surface area contributed by atoms with Crippen molar-refractivity contribution in [2.24, 2.45) is 4.99 Å². The van der Waals surface area contributed by atoms with E-state index in [0.717, 1.165) is 34.2 Å². The van der Waals surface area contributed by atoms with E-state index >= 15 is 0 Å². The fourth-order valence-corrected chi connectivity index (χ4v) is 4.40. The van der Waals surface area contributed by atoms with Crippen LogP contribution in [0.5, 0.6) is 0 Å². The van der Waals surface area contributed by atoms with Crippen molar-refractivity contribution in [3.8, 4) is 11.3 Å². The number of amides is 2. The second-order valence-electron chi connectivity index (χ2n) is 6.39. The quantitative estimate of drug-likeness (QED) is 0.607. The van der Waals surface area contributed by atoms with Gasteiger partial charge in [-0.2, -0.15) is 0 Å². The number of aliphatic imine (C=N–C) groups is 1. The van der Waals surface area contributed by atoms with Crippen LogP contribution in [0.1, 0.15) is 34.7 Å². The van der Waals surface area contributed by atoms with Crippen LogP contribution in [0, 0.1) is 6.92 Å². The normalized spacial score (nSPS) is 15.4. The van der Waals surface area contributed by atoms with Crippen molar-refractivity contribution in [1.29, 1.82) is 0 Å². The van der Waals surface area contributed by atoms with Gasteiger partial charge in [0.1, 0.15) is 5.82 Å². The smallest absolute Gasteiger partial charge is 0.319 e. The fraction of sp³-hybridized carbons (Fsp3) is 0.250. The Balaban J connectivity index is 1.64. The van der Waals surface area contributed by atoms with Crippen LogP contribution in [0.3, 0.4) is 0 Å². The van der Waals surface area contributed by atoms with Crippen LogP contribution < -0.4 is 10.6 Å². The average Bonchev–Trinajstić information content (AvgIpc) is 3.29. The van der Waals surface area contributed by atoms with Crippen LogP contribution in [0.2, 0.25) is 0 Å². The lowest BCUT2D eigenvalue weighted by Gasteiger charge is -2.18. The van der Waals surface area contributed by atoms with Gasteiger partial charge in [0.25, 0.3) is 0 Å². The highest BCUT2D eigenvalue weighted by Crippen LogP contribution is 2.43. The van der Waals surface area contributed by atoms with Crippen molar-refractivity contribution < 1.29 is 4.79 Å². The Morgan fingerprint density at radius 3 is 2.89 bits per heavy atom. The number of hydrogen-bond acceptors (Lipinski definition) is 4. The highest BCUT2D eigenvalue weighted by molar-refractivity contribution is 7.12. The molecule has 3 N–H and O–H groups in total. The summed E-state index contributed by atoms with van der Waals surface area (Å²) in [7, 11) is 0. The van der Waals surface area contributed by atoms with Gasteiger partial charge < -0.3 is 15.6 Å². The lowest BCUT2D eigenvalue weighted by atomic mass is 9.92. The molecule has 0 bridgehead atoms. The number of aromatic nitrogens is 2. The summed E-state index contributed by atoms with van der Waals surface area (Å²) >= 11 is 1.74. The molecule has 4 rings (SSSR count). The Kier molecular flexibility index (Phi) is 4.77. The Hall–Kier alpha value is -2.93. The Morgan fingerprint density at radius 1 is 1.30 bits per heavy atom. The first-order valence-corrected chi connectivity index (χ1v) is 9.79. The van der Waals surface area contributed by atoms with Crippen LogP contribution in [-0.2, 0) is 0 Å². The van der Waals surface area contributed by atoms with Gasteiger partial charge in [0.15, 0.2) is 0 Å². The number of urea groups is 1. The number of H-pyrrole nitrogens is 1. The molecule has 27 heavy (non-hydrogen) atoms. The van der Waals surface area contributed by atoms with E-state index in [2.05, 4.69) is 26.7 Å². The molecule has 138 valence electrons. The van der Waals surface area contributed by atoms with E-state index in [9.17, 15) is 4.79 Å². The maximum atomic E-state index is 11.7. The van der Waals surface area contributed by atoms with E-state index in [1.165, 1.54) is 10.4 Å². The van der Waals surface area contributed by atoms with Gasteiger partial charge in [-0.15, -0.1) is 11.3 Å². The van der Waals surface area contributed by atoms with Gasteiger partial charge in [-0.1, -0.05) is 12.1 Å². The molecule has 0 spiro atoms. The van der Waals surface area contributed by atoms with Crippen molar-refractivity contribution in [1.82, 2.24) is 15.3 Å². The number of carbonyl (C=O) groups excluding carboxylic acids is 1. The van der Waals surface area contributed by atoms with Gasteiger partial charge in [-0.3, -0.25) is 0 Å². The number of fused-ring (bicyclic) bond motifs is 1. The number of benzene rings is 1. The summed E-state index contributed by atoms with van der Waals surface area (Å²) in [6.07, 6.45) is 4.79. The van der Waals surface area contributed by atoms with Crippen molar-refractivity contribution >= 4 is 35.1 Å². The van der Waals surface area contributed by atoms with Crippen molar-refractivity contribution in [3.05, 3.63) is 52.0 Å². The van der Waals surface area contributed by atoms with E-state index in [4.69, 9.17) is 4.98 Å². The molecule has 7 heteroatoms. The van der Waals surface area contributed by atoms with Gasteiger partial charge in [0, 0.05) is 46.6 Å². The van der Waals surface area contributed by atoms with Crippen LogP contribution >= 0.6 is 11.3 Å². The minimum Gasteiger partial charge on any atom is -0.346 e. The Labute approximate surface area is 161 Å². The molecule has 0 saturated carbocycles. The topological polar surface area (TPSA) is 82.2 Å². The van der Waals surface area contributed by atoms with E-state index in [1.807, 2.05) is 50.5 Å². The standard InChI is InChI=1S/C20H21N5OS/c1-3-21-20(26)25-14-6-4-13(5-7-14)17-18(27-12(2)24-17)15-8-10-22-19-16(15)9-11-23-19/h4-7,9-11,15,23H,3,8H2,1-2H3,(H2,21,25,26). The molecule has 1 aliphatic rings. The first-order valence-electron chi connectivity index (χ1n) is 8.98. The molecule has 1 unspecified atom stereocenters. The largest absolute Gasteiger partial charge is 0.346 e. The van der Waals surface area contributed by atoms with Crippen molar-refractivity contribution in [2.75, 3.05) is 11.9 Å². The predicted molar refractivity (Wildman–Crippen MR) is 110 cm³/mol. The number of hydrogen-bond donors (Lipinski definition) is 3. The van der Waals surface area contributed by atoms with E-state index < -0.39 is 0 Å². The summed E-state index contributed by atoms with van der Waals surface area (Å²) < 4.78 is 0. The molecule has 3 heterocycles. The third kappa shape index (κ3) is 3.50. The maximum Gasteiger partial charge on any atom is 0.319 e. The summed E-state index contributed by atoms with van der Waals surface area (Å²) in [4.78, 5) is 25.4. The molecule has 1 aromatic carbocycles. The second kappa shape index (κ2) is 7.36. The van der Waals surface area contributed by atoms with Crippen LogP contribution in [-0.4, -0.2) is 28.8 Å². The average molecular weight is 379 g/mol. The van der Waals surface area contributed by atoms with Crippen molar-refractivity contribution in [2.45, 2.75) is 26.2 Å². The Bertz CT molecular complexity index is 986. The van der Waals surface area contributed by atoms with Gasteiger partial charge >= 0.3 is 6.03 Å². The summed E-state index contributed by atoms with van der Waals surface area (Å²) in [5.74, 6) is 1.20. The molecular formula is C20H21N5OS. The monoisotopic (exact) mass is 379 g/mol.